The van der Waals surface area contributed by atoms with Crippen LogP contribution in [0, 0.1) is 0 Å². The van der Waals surface area contributed by atoms with Gasteiger partial charge in [-0.2, -0.15) is 0 Å². The Bertz CT molecular complexity index is 442. The molecule has 0 aliphatic rings. The van der Waals surface area contributed by atoms with Gasteiger partial charge in [-0.25, -0.2) is 4.98 Å². The van der Waals surface area contributed by atoms with Crippen molar-refractivity contribution in [2.45, 2.75) is 6.92 Å². The van der Waals surface area contributed by atoms with E-state index in [0.29, 0.717) is 6.61 Å². The number of nitrogens with zero attached hydrogens (tertiary/aromatic N) is 1. The van der Waals surface area contributed by atoms with Crippen molar-refractivity contribution in [3.05, 3.63) is 33.6 Å². The molecule has 4 heteroatoms. The summed E-state index contributed by atoms with van der Waals surface area (Å²) in [6, 6.07) is 5.95. The number of rotatable bonds is 3. The maximum atomic E-state index is 5.41. The first-order valence-electron chi connectivity index (χ1n) is 4.62. The third kappa shape index (κ3) is 2.38. The van der Waals surface area contributed by atoms with Crippen molar-refractivity contribution < 1.29 is 4.74 Å². The van der Waals surface area contributed by atoms with Gasteiger partial charge in [0.25, 0.3) is 0 Å². The molecule has 1 aromatic carbocycles. The fourth-order valence-electron chi connectivity index (χ4n) is 1.31. The fraction of sp³-hybridized carbons (Fsp3) is 0.182. The summed E-state index contributed by atoms with van der Waals surface area (Å²) in [5, 5.41) is 2.03. The zero-order valence-electron chi connectivity index (χ0n) is 8.24. The number of halogens is 1. The zero-order valence-corrected chi connectivity index (χ0v) is 10.6. The highest BCUT2D eigenvalue weighted by molar-refractivity contribution is 9.10. The van der Waals surface area contributed by atoms with E-state index in [1.54, 1.807) is 11.3 Å². The molecule has 0 saturated heterocycles. The Morgan fingerprint density at radius 1 is 1.47 bits per heavy atom. The Balaban J connectivity index is 2.35. The van der Waals surface area contributed by atoms with Gasteiger partial charge >= 0.3 is 0 Å². The largest absolute Gasteiger partial charge is 0.494 e. The molecule has 78 valence electrons. The Hall–Kier alpha value is -0.870. The van der Waals surface area contributed by atoms with Crippen molar-refractivity contribution in [1.82, 2.24) is 4.98 Å². The van der Waals surface area contributed by atoms with Crippen LogP contribution in [0.3, 0.4) is 0 Å². The number of benzene rings is 1. The molecule has 0 atom stereocenters. The van der Waals surface area contributed by atoms with Crippen molar-refractivity contribution in [3.8, 4) is 17.0 Å². The van der Waals surface area contributed by atoms with Crippen LogP contribution in [-0.4, -0.2) is 11.6 Å². The molecule has 0 aliphatic heterocycles. The highest BCUT2D eigenvalue weighted by atomic mass is 79.9. The van der Waals surface area contributed by atoms with Gasteiger partial charge in [0.1, 0.15) is 5.75 Å². The Labute approximate surface area is 101 Å². The van der Waals surface area contributed by atoms with Gasteiger partial charge in [0.15, 0.2) is 0 Å². The van der Waals surface area contributed by atoms with Crippen LogP contribution in [0.1, 0.15) is 6.92 Å². The van der Waals surface area contributed by atoms with Crippen LogP contribution < -0.4 is 4.74 Å². The molecule has 2 nitrogen and oxygen atoms in total. The second kappa shape index (κ2) is 4.77. The second-order valence-electron chi connectivity index (χ2n) is 2.95. The van der Waals surface area contributed by atoms with E-state index in [1.165, 1.54) is 0 Å². The number of thiazole rings is 1. The maximum Gasteiger partial charge on any atom is 0.120 e. The molecule has 0 spiro atoms. The van der Waals surface area contributed by atoms with E-state index < -0.39 is 0 Å². The first kappa shape index (κ1) is 10.6. The number of aromatic nitrogens is 1. The van der Waals surface area contributed by atoms with Crippen LogP contribution in [-0.2, 0) is 0 Å². The Morgan fingerprint density at radius 2 is 2.33 bits per heavy atom. The zero-order chi connectivity index (χ0) is 10.7. The number of hydrogen-bond acceptors (Lipinski definition) is 3. The number of hydrogen-bond donors (Lipinski definition) is 0. The molecule has 0 aliphatic carbocycles. The summed E-state index contributed by atoms with van der Waals surface area (Å²) in [5.41, 5.74) is 3.92. The molecular formula is C11H10BrNOS. The van der Waals surface area contributed by atoms with Gasteiger partial charge in [-0.05, 0) is 41.1 Å². The molecule has 1 aromatic heterocycles. The van der Waals surface area contributed by atoms with Gasteiger partial charge < -0.3 is 4.74 Å². The average molecular weight is 284 g/mol. The van der Waals surface area contributed by atoms with Crippen LogP contribution >= 0.6 is 27.3 Å². The van der Waals surface area contributed by atoms with Crippen molar-refractivity contribution >= 4 is 27.3 Å². The second-order valence-corrected chi connectivity index (χ2v) is 4.52. The summed E-state index contributed by atoms with van der Waals surface area (Å²) in [6.07, 6.45) is 0. The predicted octanol–water partition coefficient (Wildman–Crippen LogP) is 3.97. The minimum atomic E-state index is 0.683. The van der Waals surface area contributed by atoms with Gasteiger partial charge in [-0.1, -0.05) is 0 Å². The first-order chi connectivity index (χ1) is 7.31. The van der Waals surface area contributed by atoms with Crippen LogP contribution in [0.5, 0.6) is 5.75 Å². The van der Waals surface area contributed by atoms with Crippen LogP contribution in [0.25, 0.3) is 11.3 Å². The summed E-state index contributed by atoms with van der Waals surface area (Å²) in [4.78, 5) is 4.27. The summed E-state index contributed by atoms with van der Waals surface area (Å²) >= 11 is 5.12. The standard InChI is InChI=1S/C11H10BrNOS/c1-2-14-8-3-4-9(10(12)5-8)11-6-15-7-13-11/h3-7H,2H2,1H3. The molecule has 0 fully saturated rings. The average Bonchev–Trinajstić information content (AvgIpc) is 2.71. The van der Waals surface area contributed by atoms with Gasteiger partial charge in [-0.15, -0.1) is 11.3 Å². The van der Waals surface area contributed by atoms with Crippen molar-refractivity contribution in [1.29, 1.82) is 0 Å². The van der Waals surface area contributed by atoms with Crippen LogP contribution in [0.4, 0.5) is 0 Å². The van der Waals surface area contributed by atoms with Gasteiger partial charge in [0.2, 0.25) is 0 Å². The molecule has 0 N–H and O–H groups in total. The lowest BCUT2D eigenvalue weighted by molar-refractivity contribution is 0.340. The van der Waals surface area contributed by atoms with E-state index in [4.69, 9.17) is 4.74 Å². The molecule has 0 saturated carbocycles. The Kier molecular flexibility index (Phi) is 3.38. The molecule has 0 unspecified atom stereocenters. The van der Waals surface area contributed by atoms with Crippen molar-refractivity contribution in [2.75, 3.05) is 6.61 Å². The highest BCUT2D eigenvalue weighted by Gasteiger charge is 2.05. The van der Waals surface area contributed by atoms with Crippen molar-refractivity contribution in [3.63, 3.8) is 0 Å². The van der Waals surface area contributed by atoms with Crippen molar-refractivity contribution in [2.24, 2.45) is 0 Å². The molecule has 0 bridgehead atoms. The summed E-state index contributed by atoms with van der Waals surface area (Å²) in [6.45, 7) is 2.66. The lowest BCUT2D eigenvalue weighted by atomic mass is 10.2. The van der Waals surface area contributed by atoms with Crippen LogP contribution in [0.15, 0.2) is 33.6 Å². The van der Waals surface area contributed by atoms with E-state index in [0.717, 1.165) is 21.5 Å². The fourth-order valence-corrected chi connectivity index (χ4v) is 2.42. The monoisotopic (exact) mass is 283 g/mol. The topological polar surface area (TPSA) is 22.1 Å². The predicted molar refractivity (Wildman–Crippen MR) is 66.4 cm³/mol. The number of ether oxygens (including phenoxy) is 1. The summed E-state index contributed by atoms with van der Waals surface area (Å²) in [7, 11) is 0. The minimum Gasteiger partial charge on any atom is -0.494 e. The van der Waals surface area contributed by atoms with E-state index in [2.05, 4.69) is 20.9 Å². The Morgan fingerprint density at radius 3 is 2.93 bits per heavy atom. The maximum absolute atomic E-state index is 5.41. The molecule has 0 radical (unpaired) electrons. The van der Waals surface area contributed by atoms with Gasteiger partial charge in [0, 0.05) is 15.4 Å². The lowest BCUT2D eigenvalue weighted by Gasteiger charge is -2.06. The van der Waals surface area contributed by atoms with E-state index in [-0.39, 0.29) is 0 Å². The third-order valence-corrected chi connectivity index (χ3v) is 3.20. The quantitative estimate of drug-likeness (QED) is 0.850. The smallest absolute Gasteiger partial charge is 0.120 e. The summed E-state index contributed by atoms with van der Waals surface area (Å²) < 4.78 is 6.42. The van der Waals surface area contributed by atoms with E-state index in [1.807, 2.05) is 36.0 Å². The lowest BCUT2D eigenvalue weighted by Crippen LogP contribution is -1.91. The molecule has 2 rings (SSSR count). The molecular weight excluding hydrogens is 274 g/mol. The SMILES string of the molecule is CCOc1ccc(-c2cscn2)c(Br)c1. The molecule has 0 amide bonds. The van der Waals surface area contributed by atoms with E-state index >= 15 is 0 Å². The van der Waals surface area contributed by atoms with Gasteiger partial charge in [-0.3, -0.25) is 0 Å². The summed E-state index contributed by atoms with van der Waals surface area (Å²) in [5.74, 6) is 0.878. The minimum absolute atomic E-state index is 0.683. The van der Waals surface area contributed by atoms with Crippen LogP contribution in [0.2, 0.25) is 0 Å². The molecule has 15 heavy (non-hydrogen) atoms. The van der Waals surface area contributed by atoms with Gasteiger partial charge in [0.05, 0.1) is 17.8 Å². The van der Waals surface area contributed by atoms with E-state index in [9.17, 15) is 0 Å². The third-order valence-electron chi connectivity index (χ3n) is 1.96. The molecule has 1 heterocycles. The highest BCUT2D eigenvalue weighted by Crippen LogP contribution is 2.31. The molecule has 2 aromatic rings. The normalized spacial score (nSPS) is 10.3. The first-order valence-corrected chi connectivity index (χ1v) is 6.35.